The lowest BCUT2D eigenvalue weighted by Crippen LogP contribution is -2.69. The van der Waals surface area contributed by atoms with Crippen molar-refractivity contribution in [1.29, 1.82) is 0 Å². The number of esters is 1. The van der Waals surface area contributed by atoms with Gasteiger partial charge >= 0.3 is 5.97 Å². The molecule has 6 atom stereocenters. The Labute approximate surface area is 285 Å². The molecule has 12 heteroatoms. The Morgan fingerprint density at radius 2 is 1.68 bits per heavy atom. The molecule has 0 radical (unpaired) electrons. The van der Waals surface area contributed by atoms with E-state index in [2.05, 4.69) is 45.4 Å². The lowest BCUT2D eigenvalue weighted by atomic mass is 9.62. The molecule has 3 aromatic carbocycles. The number of hydrogen-bond acceptors (Lipinski definition) is 9. The van der Waals surface area contributed by atoms with E-state index in [1.54, 1.807) is 23.3 Å². The van der Waals surface area contributed by atoms with E-state index in [0.717, 1.165) is 20.3 Å². The van der Waals surface area contributed by atoms with E-state index in [1.807, 2.05) is 42.5 Å². The van der Waals surface area contributed by atoms with Crippen molar-refractivity contribution >= 4 is 40.4 Å². The molecule has 8 rings (SSSR count). The van der Waals surface area contributed by atoms with Crippen molar-refractivity contribution in [2.75, 3.05) is 13.2 Å². The van der Waals surface area contributed by atoms with Gasteiger partial charge in [0.2, 0.25) is 5.91 Å². The third-order valence-corrected chi connectivity index (χ3v) is 10.7. The highest BCUT2D eigenvalue weighted by Crippen LogP contribution is 2.58. The van der Waals surface area contributed by atoms with Gasteiger partial charge in [0.15, 0.2) is 11.8 Å². The van der Waals surface area contributed by atoms with Crippen LogP contribution in [0.15, 0.2) is 72.8 Å². The Morgan fingerprint density at radius 3 is 2.43 bits per heavy atom. The molecule has 4 fully saturated rings. The van der Waals surface area contributed by atoms with Crippen molar-refractivity contribution < 1.29 is 38.5 Å². The molecule has 47 heavy (non-hydrogen) atoms. The summed E-state index contributed by atoms with van der Waals surface area (Å²) in [5.74, 6) is -2.11. The number of nitrogens with one attached hydrogen (secondary N) is 2. The first-order chi connectivity index (χ1) is 22.8. The quantitative estimate of drug-likeness (QED) is 0.235. The molecule has 3 N–H and O–H groups in total. The smallest absolute Gasteiger partial charge is 0.327 e. The molecule has 3 saturated heterocycles. The molecule has 2 bridgehead atoms. The first-order valence-electron chi connectivity index (χ1n) is 15.9. The van der Waals surface area contributed by atoms with Gasteiger partial charge in [-0.15, -0.1) is 0 Å². The molecule has 11 nitrogen and oxygen atoms in total. The standard InChI is InChI=1S/C35H34IN3O8/c36-25-10-8-20(9-11-25)19-39-29-32(42)44-26-17-35(29,33(43)38-18-21-4-3-7-22(14-21)31(41)37-12-13-40)30(47-39)28-27(26)45-34(46-28)15-23-5-1-2-6-24(23)16-34/h1-11,14,26-30,40H,12-13,15-19H2,(H,37,41)(H,38,43)/t26-,27+,28+,29+,30-,35+/m1/s1. The van der Waals surface area contributed by atoms with Crippen LogP contribution in [0.2, 0.25) is 0 Å². The van der Waals surface area contributed by atoms with Gasteiger partial charge in [-0.1, -0.05) is 48.5 Å². The van der Waals surface area contributed by atoms with Crippen molar-refractivity contribution in [3.05, 3.63) is 104 Å². The Morgan fingerprint density at radius 1 is 0.936 bits per heavy atom. The summed E-state index contributed by atoms with van der Waals surface area (Å²) in [4.78, 5) is 47.6. The van der Waals surface area contributed by atoms with Gasteiger partial charge in [-0.2, -0.15) is 5.06 Å². The number of ether oxygens (including phenoxy) is 3. The topological polar surface area (TPSA) is 136 Å². The number of rotatable bonds is 8. The van der Waals surface area contributed by atoms with Gasteiger partial charge in [-0.05, 0) is 69.1 Å². The summed E-state index contributed by atoms with van der Waals surface area (Å²) in [7, 11) is 0. The molecule has 1 saturated carbocycles. The third-order valence-electron chi connectivity index (χ3n) is 10.0. The second-order valence-corrected chi connectivity index (χ2v) is 14.2. The largest absolute Gasteiger partial charge is 0.458 e. The van der Waals surface area contributed by atoms with Crippen molar-refractivity contribution in [3.63, 3.8) is 0 Å². The van der Waals surface area contributed by atoms with Crippen LogP contribution in [0.4, 0.5) is 0 Å². The van der Waals surface area contributed by atoms with Crippen LogP contribution in [0, 0.1) is 8.99 Å². The number of fused-ring (bicyclic) bond motifs is 5. The fraction of sp³-hybridized carbons (Fsp3) is 0.400. The fourth-order valence-corrected chi connectivity index (χ4v) is 8.33. The number of benzene rings is 3. The third kappa shape index (κ3) is 5.25. The summed E-state index contributed by atoms with van der Waals surface area (Å²) < 4.78 is 20.6. The van der Waals surface area contributed by atoms with Gasteiger partial charge in [-0.25, -0.2) is 0 Å². The second kappa shape index (κ2) is 11.9. The Hall–Kier alpha value is -3.40. The van der Waals surface area contributed by atoms with Gasteiger partial charge in [0.05, 0.1) is 13.2 Å². The maximum atomic E-state index is 14.6. The predicted octanol–water partition coefficient (Wildman–Crippen LogP) is 2.41. The predicted molar refractivity (Wildman–Crippen MR) is 174 cm³/mol. The van der Waals surface area contributed by atoms with Gasteiger partial charge < -0.3 is 30.0 Å². The zero-order chi connectivity index (χ0) is 32.3. The number of hydrogen-bond donors (Lipinski definition) is 3. The van der Waals surface area contributed by atoms with Crippen LogP contribution in [0.1, 0.15) is 39.0 Å². The number of aliphatic hydroxyl groups excluding tert-OH is 1. The minimum Gasteiger partial charge on any atom is -0.458 e. The van der Waals surface area contributed by atoms with E-state index in [9.17, 15) is 14.4 Å². The first kappa shape index (κ1) is 30.9. The monoisotopic (exact) mass is 751 g/mol. The average molecular weight is 752 g/mol. The van der Waals surface area contributed by atoms with Gasteiger partial charge in [0.1, 0.15) is 29.8 Å². The van der Waals surface area contributed by atoms with Crippen molar-refractivity contribution in [3.8, 4) is 0 Å². The summed E-state index contributed by atoms with van der Waals surface area (Å²) in [5.41, 5.74) is 3.04. The highest BCUT2D eigenvalue weighted by Gasteiger charge is 2.76. The van der Waals surface area contributed by atoms with E-state index < -0.39 is 47.6 Å². The average Bonchev–Trinajstić information content (AvgIpc) is 3.75. The molecule has 5 aliphatic rings. The number of halogens is 1. The molecule has 244 valence electrons. The lowest BCUT2D eigenvalue weighted by molar-refractivity contribution is -0.217. The normalized spacial score (nSPS) is 29.7. The zero-order valence-corrected chi connectivity index (χ0v) is 27.6. The molecule has 3 aromatic rings. The van der Waals surface area contributed by atoms with Crippen LogP contribution >= 0.6 is 22.6 Å². The fourth-order valence-electron chi connectivity index (χ4n) is 7.97. The summed E-state index contributed by atoms with van der Waals surface area (Å²) in [6, 6.07) is 22.0. The minimum absolute atomic E-state index is 0.128. The number of nitrogens with zero attached hydrogens (tertiary/aromatic N) is 1. The molecule has 2 amide bonds. The molecule has 0 unspecified atom stereocenters. The van der Waals surface area contributed by atoms with Crippen LogP contribution in [0.3, 0.4) is 0 Å². The van der Waals surface area contributed by atoms with Crippen LogP contribution < -0.4 is 10.6 Å². The van der Waals surface area contributed by atoms with E-state index in [0.29, 0.717) is 24.0 Å². The lowest BCUT2D eigenvalue weighted by Gasteiger charge is -2.48. The molecule has 1 spiro atoms. The molecule has 3 heterocycles. The Kier molecular flexibility index (Phi) is 7.85. The number of carbonyl (C=O) groups excluding carboxylic acids is 3. The number of hydroxylamine groups is 2. The second-order valence-electron chi connectivity index (χ2n) is 12.9. The SMILES string of the molecule is O=C(NCCO)c1cccc(CNC(=O)[C@@]23C[C@H]4OC(=O)[C@@H]2N(Cc2ccc(I)cc2)O[C@@H]3[C@H]2OC3(Cc5ccccc5C3)O[C@H]24)c1. The van der Waals surface area contributed by atoms with Gasteiger partial charge in [0.25, 0.3) is 5.91 Å². The number of aliphatic hydroxyl groups is 1. The number of amides is 2. The summed E-state index contributed by atoms with van der Waals surface area (Å²) in [5, 5.41) is 16.4. The van der Waals surface area contributed by atoms with Gasteiger partial charge in [-0.3, -0.25) is 19.2 Å². The van der Waals surface area contributed by atoms with Crippen LogP contribution in [-0.4, -0.2) is 77.3 Å². The zero-order valence-electron chi connectivity index (χ0n) is 25.4. The molecule has 2 aliphatic carbocycles. The maximum Gasteiger partial charge on any atom is 0.327 e. The molecule has 3 aliphatic heterocycles. The van der Waals surface area contributed by atoms with Crippen LogP contribution in [0.5, 0.6) is 0 Å². The van der Waals surface area contributed by atoms with Crippen LogP contribution in [-0.2, 0) is 54.6 Å². The summed E-state index contributed by atoms with van der Waals surface area (Å²) in [6.07, 6.45) is -1.39. The van der Waals surface area contributed by atoms with E-state index in [4.69, 9.17) is 24.2 Å². The van der Waals surface area contributed by atoms with Crippen LogP contribution in [0.25, 0.3) is 0 Å². The van der Waals surface area contributed by atoms with E-state index in [1.165, 1.54) is 0 Å². The maximum absolute atomic E-state index is 14.6. The number of carbonyl (C=O) groups is 3. The Balaban J connectivity index is 1.11. The first-order valence-corrected chi connectivity index (χ1v) is 16.9. The molecular weight excluding hydrogens is 717 g/mol. The summed E-state index contributed by atoms with van der Waals surface area (Å²) >= 11 is 2.24. The van der Waals surface area contributed by atoms with Crippen molar-refractivity contribution in [1.82, 2.24) is 15.7 Å². The minimum atomic E-state index is -1.30. The molecular formula is C35H34IN3O8. The van der Waals surface area contributed by atoms with Gasteiger partial charge in [0, 0.05) is 41.5 Å². The molecule has 0 aromatic heterocycles. The van der Waals surface area contributed by atoms with Crippen molar-refractivity contribution in [2.24, 2.45) is 5.41 Å². The summed E-state index contributed by atoms with van der Waals surface area (Å²) in [6.45, 7) is 0.375. The van der Waals surface area contributed by atoms with E-state index in [-0.39, 0.29) is 44.5 Å². The highest BCUT2D eigenvalue weighted by atomic mass is 127. The van der Waals surface area contributed by atoms with E-state index >= 15 is 0 Å². The highest BCUT2D eigenvalue weighted by molar-refractivity contribution is 14.1. The Bertz CT molecular complexity index is 1710. The van der Waals surface area contributed by atoms with Crippen molar-refractivity contribution in [2.45, 2.75) is 68.6 Å².